The molecule has 80 valence electrons. The lowest BCUT2D eigenvalue weighted by atomic mass is 10.3. The van der Waals surface area contributed by atoms with Gasteiger partial charge in [0.2, 0.25) is 5.91 Å². The first kappa shape index (κ1) is 11.4. The van der Waals surface area contributed by atoms with E-state index in [-0.39, 0.29) is 10.7 Å². The van der Waals surface area contributed by atoms with Gasteiger partial charge in [0.1, 0.15) is 0 Å². The van der Waals surface area contributed by atoms with Crippen LogP contribution in [0.25, 0.3) is 0 Å². The summed E-state index contributed by atoms with van der Waals surface area (Å²) in [5.41, 5.74) is 0.776. The number of nitrogens with zero attached hydrogens (tertiary/aromatic N) is 1. The average molecular weight is 353 g/mol. The normalized spacial score (nSPS) is 21.1. The van der Waals surface area contributed by atoms with Gasteiger partial charge in [0.25, 0.3) is 0 Å². The van der Waals surface area contributed by atoms with E-state index in [1.165, 1.54) is 0 Å². The molecule has 1 unspecified atom stereocenters. The lowest BCUT2D eigenvalue weighted by Gasteiger charge is -2.17. The minimum absolute atomic E-state index is 0.0763. The van der Waals surface area contributed by atoms with Crippen molar-refractivity contribution in [3.63, 3.8) is 0 Å². The van der Waals surface area contributed by atoms with E-state index in [0.717, 1.165) is 16.6 Å². The molecule has 1 fully saturated rings. The van der Waals surface area contributed by atoms with E-state index in [9.17, 15) is 4.79 Å². The van der Waals surface area contributed by atoms with Crippen LogP contribution in [-0.2, 0) is 4.79 Å². The Morgan fingerprint density at radius 1 is 1.47 bits per heavy atom. The monoisotopic (exact) mass is 351 g/mol. The molecule has 15 heavy (non-hydrogen) atoms. The van der Waals surface area contributed by atoms with Gasteiger partial charge in [-0.3, -0.25) is 4.79 Å². The van der Waals surface area contributed by atoms with Crippen molar-refractivity contribution < 1.29 is 4.79 Å². The second kappa shape index (κ2) is 4.44. The largest absolute Gasteiger partial charge is 0.310 e. The molecule has 1 amide bonds. The maximum atomic E-state index is 11.8. The first-order valence-corrected chi connectivity index (χ1v) is 6.59. The molecule has 1 aromatic carbocycles. The zero-order chi connectivity index (χ0) is 11.0. The summed E-state index contributed by atoms with van der Waals surface area (Å²) < 4.78 is 0.924. The molecule has 0 spiro atoms. The topological polar surface area (TPSA) is 20.3 Å². The molecule has 2 nitrogen and oxygen atoms in total. The van der Waals surface area contributed by atoms with Gasteiger partial charge < -0.3 is 4.90 Å². The van der Waals surface area contributed by atoms with E-state index < -0.39 is 0 Å². The van der Waals surface area contributed by atoms with Crippen molar-refractivity contribution in [2.24, 2.45) is 0 Å². The molecule has 1 saturated heterocycles. The summed E-state index contributed by atoms with van der Waals surface area (Å²) in [6.45, 7) is 0.713. The average Bonchev–Trinajstić information content (AvgIpc) is 2.52. The van der Waals surface area contributed by atoms with Crippen LogP contribution in [0.1, 0.15) is 6.42 Å². The molecular weight excluding hydrogens is 345 g/mol. The molecule has 0 radical (unpaired) electrons. The van der Waals surface area contributed by atoms with Crippen LogP contribution in [0, 0.1) is 0 Å². The lowest BCUT2D eigenvalue weighted by Crippen LogP contribution is -2.27. The van der Waals surface area contributed by atoms with E-state index in [4.69, 9.17) is 11.6 Å². The van der Waals surface area contributed by atoms with Crippen LogP contribution >= 0.6 is 43.5 Å². The quantitative estimate of drug-likeness (QED) is 0.707. The number of anilines is 1. The first-order chi connectivity index (χ1) is 7.09. The predicted molar refractivity (Wildman–Crippen MR) is 68.8 cm³/mol. The highest BCUT2D eigenvalue weighted by Gasteiger charge is 2.31. The second-order valence-electron chi connectivity index (χ2n) is 3.34. The number of halogens is 3. The molecule has 1 aromatic rings. The zero-order valence-electron chi connectivity index (χ0n) is 7.71. The van der Waals surface area contributed by atoms with Crippen molar-refractivity contribution in [3.8, 4) is 0 Å². The molecule has 1 aliphatic rings. The maximum absolute atomic E-state index is 11.8. The van der Waals surface area contributed by atoms with Gasteiger partial charge in [0.15, 0.2) is 0 Å². The number of alkyl halides is 1. The van der Waals surface area contributed by atoms with E-state index in [1.807, 2.05) is 12.1 Å². The van der Waals surface area contributed by atoms with Crippen LogP contribution in [0.3, 0.4) is 0 Å². The smallest absolute Gasteiger partial charge is 0.240 e. The van der Waals surface area contributed by atoms with Gasteiger partial charge in [-0.15, -0.1) is 0 Å². The minimum atomic E-state index is -0.0763. The summed E-state index contributed by atoms with van der Waals surface area (Å²) in [7, 11) is 0. The standard InChI is InChI=1S/C10H8Br2ClNO/c11-6-1-2-8(13)9(5-6)14-4-3-7(12)10(14)15/h1-2,5,7H,3-4H2. The van der Waals surface area contributed by atoms with Crippen molar-refractivity contribution >= 4 is 55.1 Å². The van der Waals surface area contributed by atoms with Crippen LogP contribution in [-0.4, -0.2) is 17.3 Å². The van der Waals surface area contributed by atoms with Gasteiger partial charge in [-0.05, 0) is 24.6 Å². The maximum Gasteiger partial charge on any atom is 0.240 e. The summed E-state index contributed by atoms with van der Waals surface area (Å²) >= 11 is 12.8. The SMILES string of the molecule is O=C1C(Br)CCN1c1cc(Br)ccc1Cl. The van der Waals surface area contributed by atoms with Crippen LogP contribution in [0.4, 0.5) is 5.69 Å². The lowest BCUT2D eigenvalue weighted by molar-refractivity contribution is -0.116. The Labute approximate surface area is 110 Å². The van der Waals surface area contributed by atoms with E-state index in [1.54, 1.807) is 11.0 Å². The number of benzene rings is 1. The predicted octanol–water partition coefficient (Wildman–Crippen LogP) is 3.60. The van der Waals surface area contributed by atoms with Gasteiger partial charge in [-0.2, -0.15) is 0 Å². The van der Waals surface area contributed by atoms with Gasteiger partial charge in [0.05, 0.1) is 15.5 Å². The number of hydrogen-bond donors (Lipinski definition) is 0. The summed E-state index contributed by atoms with van der Waals surface area (Å²) in [5.74, 6) is 0.0787. The summed E-state index contributed by atoms with van der Waals surface area (Å²) in [6.07, 6.45) is 0.821. The molecule has 0 N–H and O–H groups in total. The minimum Gasteiger partial charge on any atom is -0.310 e. The third-order valence-electron chi connectivity index (χ3n) is 2.34. The molecule has 0 saturated carbocycles. The Bertz CT molecular complexity index is 410. The highest BCUT2D eigenvalue weighted by atomic mass is 79.9. The molecule has 1 aliphatic heterocycles. The molecule has 1 heterocycles. The third-order valence-corrected chi connectivity index (χ3v) is 4.00. The molecule has 0 aliphatic carbocycles. The van der Waals surface area contributed by atoms with E-state index >= 15 is 0 Å². The molecule has 5 heteroatoms. The van der Waals surface area contributed by atoms with E-state index in [2.05, 4.69) is 31.9 Å². The number of carbonyl (C=O) groups is 1. The fourth-order valence-corrected chi connectivity index (χ4v) is 2.60. The number of hydrogen-bond acceptors (Lipinski definition) is 1. The Hall–Kier alpha value is -0.0600. The van der Waals surface area contributed by atoms with Crippen LogP contribution in [0.15, 0.2) is 22.7 Å². The van der Waals surface area contributed by atoms with Crippen molar-refractivity contribution in [3.05, 3.63) is 27.7 Å². The zero-order valence-corrected chi connectivity index (χ0v) is 11.6. The summed E-state index contributed by atoms with van der Waals surface area (Å²) in [4.78, 5) is 13.4. The summed E-state index contributed by atoms with van der Waals surface area (Å²) in [6, 6.07) is 5.51. The molecule has 2 rings (SSSR count). The van der Waals surface area contributed by atoms with Gasteiger partial charge in [-0.25, -0.2) is 0 Å². The molecule has 0 aromatic heterocycles. The number of carbonyl (C=O) groups excluding carboxylic acids is 1. The fourth-order valence-electron chi connectivity index (χ4n) is 1.58. The number of amides is 1. The van der Waals surface area contributed by atoms with Crippen LogP contribution in [0.5, 0.6) is 0 Å². The Morgan fingerprint density at radius 2 is 2.20 bits per heavy atom. The first-order valence-electron chi connectivity index (χ1n) is 4.50. The van der Waals surface area contributed by atoms with Crippen molar-refractivity contribution in [2.45, 2.75) is 11.2 Å². The van der Waals surface area contributed by atoms with Crippen molar-refractivity contribution in [1.29, 1.82) is 0 Å². The van der Waals surface area contributed by atoms with Gasteiger partial charge in [-0.1, -0.05) is 43.5 Å². The fraction of sp³-hybridized carbons (Fsp3) is 0.300. The highest BCUT2D eigenvalue weighted by Crippen LogP contribution is 2.33. The third kappa shape index (κ3) is 2.22. The molecule has 0 bridgehead atoms. The summed E-state index contributed by atoms with van der Waals surface area (Å²) in [5, 5.41) is 0.605. The van der Waals surface area contributed by atoms with Gasteiger partial charge in [0, 0.05) is 11.0 Å². The van der Waals surface area contributed by atoms with E-state index in [0.29, 0.717) is 11.6 Å². The van der Waals surface area contributed by atoms with Crippen LogP contribution < -0.4 is 4.90 Å². The highest BCUT2D eigenvalue weighted by molar-refractivity contribution is 9.10. The van der Waals surface area contributed by atoms with Crippen molar-refractivity contribution in [2.75, 3.05) is 11.4 Å². The van der Waals surface area contributed by atoms with Gasteiger partial charge >= 0.3 is 0 Å². The molecule has 1 atom stereocenters. The Kier molecular flexibility index (Phi) is 3.38. The second-order valence-corrected chi connectivity index (χ2v) is 5.77. The Balaban J connectivity index is 2.37. The van der Waals surface area contributed by atoms with Crippen molar-refractivity contribution in [1.82, 2.24) is 0 Å². The molecular formula is C10H8Br2ClNO. The van der Waals surface area contributed by atoms with Crippen LogP contribution in [0.2, 0.25) is 5.02 Å². The number of rotatable bonds is 1. The Morgan fingerprint density at radius 3 is 2.80 bits per heavy atom.